The van der Waals surface area contributed by atoms with E-state index in [9.17, 15) is 9.59 Å². The molecule has 20 heavy (non-hydrogen) atoms. The molecule has 0 spiro atoms. The average Bonchev–Trinajstić information content (AvgIpc) is 2.40. The highest BCUT2D eigenvalue weighted by Crippen LogP contribution is 2.15. The summed E-state index contributed by atoms with van der Waals surface area (Å²) in [5, 5.41) is 14.1. The minimum atomic E-state index is -1.04. The molecule has 2 amide bonds. The summed E-state index contributed by atoms with van der Waals surface area (Å²) in [7, 11) is 1.57. The van der Waals surface area contributed by atoms with Gasteiger partial charge in [0.15, 0.2) is 0 Å². The molecule has 1 rings (SSSR count). The van der Waals surface area contributed by atoms with E-state index in [1.54, 1.807) is 19.2 Å². The Kier molecular flexibility index (Phi) is 6.52. The van der Waals surface area contributed by atoms with E-state index < -0.39 is 18.0 Å². The van der Waals surface area contributed by atoms with Gasteiger partial charge in [-0.15, -0.1) is 0 Å². The highest BCUT2D eigenvalue weighted by atomic mass is 16.5. The number of ether oxygens (including phenoxy) is 1. The van der Waals surface area contributed by atoms with Gasteiger partial charge in [0.25, 0.3) is 0 Å². The third-order valence-electron chi connectivity index (χ3n) is 2.75. The van der Waals surface area contributed by atoms with Gasteiger partial charge in [-0.3, -0.25) is 0 Å². The first-order valence-electron chi connectivity index (χ1n) is 6.45. The number of hydrogen-bond donors (Lipinski definition) is 3. The first kappa shape index (κ1) is 16.0. The molecule has 0 fully saturated rings. The van der Waals surface area contributed by atoms with Crippen molar-refractivity contribution in [1.29, 1.82) is 0 Å². The Morgan fingerprint density at radius 1 is 1.35 bits per heavy atom. The topological polar surface area (TPSA) is 87.7 Å². The largest absolute Gasteiger partial charge is 0.480 e. The van der Waals surface area contributed by atoms with Crippen LogP contribution in [0.25, 0.3) is 0 Å². The molecule has 1 atom stereocenters. The van der Waals surface area contributed by atoms with Crippen LogP contribution in [0.1, 0.15) is 25.3 Å². The van der Waals surface area contributed by atoms with Gasteiger partial charge in [-0.05, 0) is 12.5 Å². The van der Waals surface area contributed by atoms with E-state index >= 15 is 0 Å². The van der Waals surface area contributed by atoms with Crippen molar-refractivity contribution in [1.82, 2.24) is 5.32 Å². The van der Waals surface area contributed by atoms with E-state index in [1.807, 2.05) is 19.1 Å². The molecule has 1 aromatic rings. The molecule has 0 aromatic heterocycles. The molecule has 1 unspecified atom stereocenters. The first-order valence-corrected chi connectivity index (χ1v) is 6.45. The van der Waals surface area contributed by atoms with Crippen molar-refractivity contribution in [2.24, 2.45) is 0 Å². The minimum Gasteiger partial charge on any atom is -0.480 e. The Balaban J connectivity index is 2.68. The minimum absolute atomic E-state index is 0.369. The van der Waals surface area contributed by atoms with Crippen molar-refractivity contribution in [3.8, 4) is 0 Å². The number of carbonyl (C=O) groups excluding carboxylic acids is 1. The van der Waals surface area contributed by atoms with Gasteiger partial charge in [-0.2, -0.15) is 0 Å². The van der Waals surface area contributed by atoms with Crippen LogP contribution in [0.2, 0.25) is 0 Å². The van der Waals surface area contributed by atoms with Gasteiger partial charge >= 0.3 is 12.0 Å². The molecule has 1 aromatic carbocycles. The van der Waals surface area contributed by atoms with Crippen molar-refractivity contribution < 1.29 is 19.4 Å². The maximum absolute atomic E-state index is 11.8. The van der Waals surface area contributed by atoms with Gasteiger partial charge < -0.3 is 20.5 Å². The van der Waals surface area contributed by atoms with Crippen LogP contribution in [0, 0.1) is 0 Å². The van der Waals surface area contributed by atoms with Crippen molar-refractivity contribution in [2.45, 2.75) is 32.4 Å². The second-order valence-electron chi connectivity index (χ2n) is 4.37. The fourth-order valence-electron chi connectivity index (χ4n) is 1.79. The third-order valence-corrected chi connectivity index (χ3v) is 2.75. The van der Waals surface area contributed by atoms with Gasteiger partial charge in [0.1, 0.15) is 6.04 Å². The van der Waals surface area contributed by atoms with Crippen molar-refractivity contribution in [3.63, 3.8) is 0 Å². The third kappa shape index (κ3) is 4.89. The number of carboxylic acids is 1. The van der Waals surface area contributed by atoms with E-state index in [0.29, 0.717) is 25.1 Å². The summed E-state index contributed by atoms with van der Waals surface area (Å²) in [5.41, 5.74) is 1.43. The lowest BCUT2D eigenvalue weighted by Crippen LogP contribution is -2.43. The highest BCUT2D eigenvalue weighted by Gasteiger charge is 2.19. The number of hydrogen-bond acceptors (Lipinski definition) is 3. The van der Waals surface area contributed by atoms with Crippen LogP contribution in [0.4, 0.5) is 10.5 Å². The number of rotatable bonds is 7. The molecule has 0 heterocycles. The summed E-state index contributed by atoms with van der Waals surface area (Å²) in [4.78, 5) is 22.8. The summed E-state index contributed by atoms with van der Waals surface area (Å²) in [6, 6.07) is 5.79. The fraction of sp³-hybridized carbons (Fsp3) is 0.429. The van der Waals surface area contributed by atoms with E-state index in [1.165, 1.54) is 0 Å². The molecule has 0 aliphatic heterocycles. The van der Waals surface area contributed by atoms with Crippen LogP contribution in [0.15, 0.2) is 24.3 Å². The van der Waals surface area contributed by atoms with Crippen molar-refractivity contribution in [3.05, 3.63) is 29.8 Å². The predicted molar refractivity (Wildman–Crippen MR) is 75.6 cm³/mol. The number of urea groups is 1. The molecule has 0 saturated carbocycles. The normalized spacial score (nSPS) is 11.7. The standard InChI is InChI=1S/C14H20N2O4/c1-3-6-12(13(17)18)16-14(19)15-11-8-5-4-7-10(11)9-20-2/h4-5,7-8,12H,3,6,9H2,1-2H3,(H,17,18)(H2,15,16,19). The number of carboxylic acid groups (broad SMARTS) is 1. The van der Waals surface area contributed by atoms with Gasteiger partial charge in [-0.25, -0.2) is 9.59 Å². The van der Waals surface area contributed by atoms with Crippen LogP contribution in [0.5, 0.6) is 0 Å². The lowest BCUT2D eigenvalue weighted by atomic mass is 10.1. The molecule has 0 radical (unpaired) electrons. The molecule has 110 valence electrons. The Labute approximate surface area is 118 Å². The molecule has 0 aliphatic carbocycles. The highest BCUT2D eigenvalue weighted by molar-refractivity contribution is 5.92. The average molecular weight is 280 g/mol. The number of para-hydroxylation sites is 1. The number of amides is 2. The van der Waals surface area contributed by atoms with Crippen LogP contribution < -0.4 is 10.6 Å². The van der Waals surface area contributed by atoms with Gasteiger partial charge in [-0.1, -0.05) is 31.5 Å². The summed E-state index contributed by atoms with van der Waals surface area (Å²) in [6.45, 7) is 2.23. The zero-order chi connectivity index (χ0) is 15.0. The summed E-state index contributed by atoms with van der Waals surface area (Å²) in [5.74, 6) is -1.04. The Morgan fingerprint density at radius 3 is 2.65 bits per heavy atom. The molecule has 0 saturated heterocycles. The van der Waals surface area contributed by atoms with E-state index in [4.69, 9.17) is 9.84 Å². The SMILES string of the molecule is CCCC(NC(=O)Nc1ccccc1COC)C(=O)O. The van der Waals surface area contributed by atoms with Gasteiger partial charge in [0.05, 0.1) is 6.61 Å². The summed E-state index contributed by atoms with van der Waals surface area (Å²) in [6.07, 6.45) is 1.07. The molecular formula is C14H20N2O4. The maximum Gasteiger partial charge on any atom is 0.326 e. The predicted octanol–water partition coefficient (Wildman–Crippen LogP) is 2.21. The molecule has 0 bridgehead atoms. The lowest BCUT2D eigenvalue weighted by molar-refractivity contribution is -0.139. The van der Waals surface area contributed by atoms with Gasteiger partial charge in [0.2, 0.25) is 0 Å². The van der Waals surface area contributed by atoms with Crippen molar-refractivity contribution in [2.75, 3.05) is 12.4 Å². The Bertz CT molecular complexity index is 462. The maximum atomic E-state index is 11.8. The van der Waals surface area contributed by atoms with E-state index in [0.717, 1.165) is 5.56 Å². The number of anilines is 1. The smallest absolute Gasteiger partial charge is 0.326 e. The number of carbonyl (C=O) groups is 2. The van der Waals surface area contributed by atoms with Crippen LogP contribution in [-0.2, 0) is 16.1 Å². The Morgan fingerprint density at radius 2 is 2.05 bits per heavy atom. The quantitative estimate of drug-likeness (QED) is 0.714. The summed E-state index contributed by atoms with van der Waals surface area (Å²) < 4.78 is 5.04. The molecule has 6 nitrogen and oxygen atoms in total. The number of nitrogens with one attached hydrogen (secondary N) is 2. The van der Waals surface area contributed by atoms with Crippen molar-refractivity contribution >= 4 is 17.7 Å². The second-order valence-corrected chi connectivity index (χ2v) is 4.37. The fourth-order valence-corrected chi connectivity index (χ4v) is 1.79. The van der Waals surface area contributed by atoms with E-state index in [2.05, 4.69) is 10.6 Å². The van der Waals surface area contributed by atoms with Crippen LogP contribution >= 0.6 is 0 Å². The van der Waals surface area contributed by atoms with E-state index in [-0.39, 0.29) is 0 Å². The van der Waals surface area contributed by atoms with Crippen LogP contribution in [0.3, 0.4) is 0 Å². The number of aliphatic carboxylic acids is 1. The Hall–Kier alpha value is -2.08. The zero-order valence-electron chi connectivity index (χ0n) is 11.7. The zero-order valence-corrected chi connectivity index (χ0v) is 11.7. The molecule has 3 N–H and O–H groups in total. The van der Waals surface area contributed by atoms with Crippen LogP contribution in [-0.4, -0.2) is 30.3 Å². The number of benzene rings is 1. The second kappa shape index (κ2) is 8.16. The molecule has 0 aliphatic rings. The van der Waals surface area contributed by atoms with Gasteiger partial charge in [0, 0.05) is 18.4 Å². The lowest BCUT2D eigenvalue weighted by Gasteiger charge is -2.15. The summed E-state index contributed by atoms with van der Waals surface area (Å²) >= 11 is 0. The monoisotopic (exact) mass is 280 g/mol. The molecule has 6 heteroatoms. The first-order chi connectivity index (χ1) is 9.58. The molecular weight excluding hydrogens is 260 g/mol. The number of methoxy groups -OCH3 is 1.